The molecule has 3 heterocycles. The fourth-order valence-corrected chi connectivity index (χ4v) is 4.21. The van der Waals surface area contributed by atoms with Gasteiger partial charge in [0.05, 0.1) is 12.6 Å². The van der Waals surface area contributed by atoms with Crippen LogP contribution in [0, 0.1) is 0 Å². The molecule has 162 valence electrons. The van der Waals surface area contributed by atoms with Crippen LogP contribution in [0.3, 0.4) is 0 Å². The van der Waals surface area contributed by atoms with Gasteiger partial charge in [-0.1, -0.05) is 30.3 Å². The summed E-state index contributed by atoms with van der Waals surface area (Å²) in [6.45, 7) is 1.40. The number of rotatable bonds is 6. The van der Waals surface area contributed by atoms with E-state index in [0.29, 0.717) is 45.4 Å². The van der Waals surface area contributed by atoms with E-state index in [1.54, 1.807) is 0 Å². The molecule has 0 unspecified atom stereocenters. The van der Waals surface area contributed by atoms with Gasteiger partial charge in [0, 0.05) is 13.1 Å². The zero-order valence-corrected chi connectivity index (χ0v) is 16.6. The van der Waals surface area contributed by atoms with Gasteiger partial charge in [-0.15, -0.1) is 0 Å². The number of fused-ring (bicyclic) bond motifs is 2. The average Bonchev–Trinajstić information content (AvgIpc) is 3.01. The second-order valence-corrected chi connectivity index (χ2v) is 7.84. The van der Waals surface area contributed by atoms with Gasteiger partial charge >= 0.3 is 12.1 Å². The lowest BCUT2D eigenvalue weighted by atomic mass is 10.0. The highest BCUT2D eigenvalue weighted by atomic mass is 16.7. The summed E-state index contributed by atoms with van der Waals surface area (Å²) in [6, 6.07) is 8.58. The van der Waals surface area contributed by atoms with E-state index in [1.165, 1.54) is 14.9 Å². The molecule has 4 rings (SSSR count). The lowest BCUT2D eigenvalue weighted by Crippen LogP contribution is -2.51. The molecule has 2 N–H and O–H groups in total. The van der Waals surface area contributed by atoms with E-state index in [2.05, 4.69) is 5.48 Å². The number of likely N-dealkylation sites (tertiary alicyclic amines) is 1. The molecular weight excluding hydrogens is 392 g/mol. The molecule has 0 radical (unpaired) electrons. The van der Waals surface area contributed by atoms with Gasteiger partial charge in [0.2, 0.25) is 0 Å². The number of carboxylic acid groups (broad SMARTS) is 1. The molecule has 3 saturated heterocycles. The molecule has 30 heavy (non-hydrogen) atoms. The third-order valence-electron chi connectivity index (χ3n) is 5.81. The number of carbonyl (C=O) groups is 3. The van der Waals surface area contributed by atoms with Gasteiger partial charge in [-0.25, -0.2) is 15.1 Å². The normalized spacial score (nSPS) is 26.1. The molecule has 10 heteroatoms. The second kappa shape index (κ2) is 8.88. The van der Waals surface area contributed by atoms with Crippen molar-refractivity contribution in [2.45, 2.75) is 50.5 Å². The fourth-order valence-electron chi connectivity index (χ4n) is 4.21. The first kappa shape index (κ1) is 20.4. The van der Waals surface area contributed by atoms with Crippen molar-refractivity contribution < 1.29 is 29.2 Å². The van der Waals surface area contributed by atoms with E-state index in [-0.39, 0.29) is 24.5 Å². The molecule has 0 aromatic heterocycles. The minimum atomic E-state index is -0.994. The molecule has 3 aliphatic heterocycles. The average molecular weight is 418 g/mol. The van der Waals surface area contributed by atoms with E-state index in [9.17, 15) is 14.4 Å². The first-order chi connectivity index (χ1) is 14.5. The zero-order chi connectivity index (χ0) is 21.1. The van der Waals surface area contributed by atoms with Gasteiger partial charge in [0.1, 0.15) is 18.8 Å². The van der Waals surface area contributed by atoms with E-state index < -0.39 is 18.2 Å². The quantitative estimate of drug-likeness (QED) is 0.679. The largest absolute Gasteiger partial charge is 0.465 e. The topological polar surface area (TPSA) is 112 Å². The smallest absolute Gasteiger partial charge is 0.407 e. The third-order valence-corrected chi connectivity index (χ3v) is 5.81. The van der Waals surface area contributed by atoms with Gasteiger partial charge in [0.15, 0.2) is 0 Å². The number of hydrogen-bond acceptors (Lipinski definition) is 5. The number of amides is 4. The van der Waals surface area contributed by atoms with Crippen LogP contribution in [0.2, 0.25) is 0 Å². The summed E-state index contributed by atoms with van der Waals surface area (Å²) in [5.74, 6) is -0.390. The van der Waals surface area contributed by atoms with Crippen LogP contribution in [-0.2, 0) is 21.1 Å². The Kier molecular flexibility index (Phi) is 6.05. The van der Waals surface area contributed by atoms with Crippen LogP contribution in [0.15, 0.2) is 30.3 Å². The standard InChI is InChI=1S/C20H26N4O6/c25-18(21-30-16-7-4-10-22(12-16)20(27)28)17-9-8-15-11-23(17)19(26)24(15)29-13-14-5-2-1-3-6-14/h1-3,5-6,15-17H,4,7-13H2,(H,21,25)(H,27,28)/t15-,16+,17+/m1/s1. The van der Waals surface area contributed by atoms with E-state index in [1.807, 2.05) is 30.3 Å². The van der Waals surface area contributed by atoms with Gasteiger partial charge in [-0.3, -0.25) is 14.5 Å². The molecule has 3 fully saturated rings. The molecule has 1 aromatic rings. The zero-order valence-electron chi connectivity index (χ0n) is 16.6. The third kappa shape index (κ3) is 4.34. The predicted molar refractivity (Wildman–Crippen MR) is 104 cm³/mol. The monoisotopic (exact) mass is 418 g/mol. The van der Waals surface area contributed by atoms with Gasteiger partial charge in [-0.05, 0) is 31.2 Å². The Morgan fingerprint density at radius 1 is 1.13 bits per heavy atom. The number of urea groups is 1. The summed E-state index contributed by atoms with van der Waals surface area (Å²) in [5.41, 5.74) is 3.41. The molecule has 10 nitrogen and oxygen atoms in total. The maximum absolute atomic E-state index is 12.8. The molecule has 3 atom stereocenters. The summed E-state index contributed by atoms with van der Waals surface area (Å²) < 4.78 is 0. The summed E-state index contributed by atoms with van der Waals surface area (Å²) in [4.78, 5) is 50.5. The van der Waals surface area contributed by atoms with Gasteiger partial charge in [0.25, 0.3) is 5.91 Å². The summed E-state index contributed by atoms with van der Waals surface area (Å²) in [6.07, 6.45) is 1.13. The second-order valence-electron chi connectivity index (χ2n) is 7.84. The molecular formula is C20H26N4O6. The number of piperidine rings is 2. The number of hydroxylamine groups is 3. The van der Waals surface area contributed by atoms with Crippen LogP contribution in [0.4, 0.5) is 9.59 Å². The highest BCUT2D eigenvalue weighted by Crippen LogP contribution is 2.30. The Bertz CT molecular complexity index is 791. The van der Waals surface area contributed by atoms with Crippen LogP contribution >= 0.6 is 0 Å². The molecule has 4 amide bonds. The number of nitrogens with one attached hydrogen (secondary N) is 1. The number of hydrogen-bond donors (Lipinski definition) is 2. The van der Waals surface area contributed by atoms with Crippen molar-refractivity contribution in [2.24, 2.45) is 0 Å². The minimum absolute atomic E-state index is 0.0753. The Morgan fingerprint density at radius 3 is 2.70 bits per heavy atom. The lowest BCUT2D eigenvalue weighted by Gasteiger charge is -2.32. The molecule has 3 aliphatic rings. The van der Waals surface area contributed by atoms with Crippen LogP contribution in [0.25, 0.3) is 0 Å². The van der Waals surface area contributed by atoms with Crippen molar-refractivity contribution in [2.75, 3.05) is 19.6 Å². The lowest BCUT2D eigenvalue weighted by molar-refractivity contribution is -0.146. The Hall–Kier alpha value is -2.85. The molecule has 2 bridgehead atoms. The summed E-state index contributed by atoms with van der Waals surface area (Å²) >= 11 is 0. The maximum atomic E-state index is 12.8. The first-order valence-electron chi connectivity index (χ1n) is 10.2. The maximum Gasteiger partial charge on any atom is 0.407 e. The SMILES string of the molecule is O=C(NO[C@H]1CCCN(C(=O)O)C1)[C@@H]1CC[C@@H]2CN1C(=O)N2OCc1ccccc1. The van der Waals surface area contributed by atoms with Gasteiger partial charge in [-0.2, -0.15) is 5.06 Å². The molecule has 0 aliphatic carbocycles. The first-order valence-corrected chi connectivity index (χ1v) is 10.2. The van der Waals surface area contributed by atoms with Crippen molar-refractivity contribution in [1.82, 2.24) is 20.3 Å². The van der Waals surface area contributed by atoms with Crippen molar-refractivity contribution in [3.05, 3.63) is 35.9 Å². The van der Waals surface area contributed by atoms with Crippen molar-refractivity contribution >= 4 is 18.0 Å². The Balaban J connectivity index is 1.29. The van der Waals surface area contributed by atoms with Crippen molar-refractivity contribution in [1.29, 1.82) is 0 Å². The number of benzene rings is 1. The Morgan fingerprint density at radius 2 is 1.93 bits per heavy atom. The van der Waals surface area contributed by atoms with E-state index in [4.69, 9.17) is 14.8 Å². The van der Waals surface area contributed by atoms with Crippen LogP contribution in [0.1, 0.15) is 31.2 Å². The molecule has 1 aromatic carbocycles. The highest BCUT2D eigenvalue weighted by molar-refractivity contribution is 5.88. The summed E-state index contributed by atoms with van der Waals surface area (Å²) in [5, 5.41) is 10.5. The van der Waals surface area contributed by atoms with Crippen LogP contribution in [0.5, 0.6) is 0 Å². The number of carbonyl (C=O) groups excluding carboxylic acids is 2. The fraction of sp³-hybridized carbons (Fsp3) is 0.550. The van der Waals surface area contributed by atoms with E-state index in [0.717, 1.165) is 5.56 Å². The van der Waals surface area contributed by atoms with Crippen molar-refractivity contribution in [3.8, 4) is 0 Å². The minimum Gasteiger partial charge on any atom is -0.465 e. The van der Waals surface area contributed by atoms with Crippen molar-refractivity contribution in [3.63, 3.8) is 0 Å². The highest BCUT2D eigenvalue weighted by Gasteiger charge is 2.48. The van der Waals surface area contributed by atoms with Gasteiger partial charge < -0.3 is 14.9 Å². The van der Waals surface area contributed by atoms with Crippen LogP contribution < -0.4 is 5.48 Å². The predicted octanol–water partition coefficient (Wildman–Crippen LogP) is 1.58. The Labute approximate surface area is 174 Å². The van der Waals surface area contributed by atoms with Crippen LogP contribution in [-0.4, -0.2) is 75.8 Å². The molecule has 0 saturated carbocycles. The molecule has 0 spiro atoms. The van der Waals surface area contributed by atoms with E-state index >= 15 is 0 Å². The summed E-state index contributed by atoms with van der Waals surface area (Å²) in [7, 11) is 0. The number of nitrogens with zero attached hydrogens (tertiary/aromatic N) is 3.